The monoisotopic (exact) mass is 269 g/mol. The molecule has 1 saturated carbocycles. The first-order valence-corrected chi connectivity index (χ1v) is 7.24. The molecule has 1 heterocycles. The summed E-state index contributed by atoms with van der Waals surface area (Å²) in [5, 5.41) is 12.2. The Kier molecular flexibility index (Phi) is 4.45. The number of carbonyl (C=O) groups is 2. The van der Waals surface area contributed by atoms with Crippen molar-refractivity contribution >= 4 is 11.9 Å². The molecule has 0 spiro atoms. The molecule has 19 heavy (non-hydrogen) atoms. The number of rotatable bonds is 4. The zero-order valence-corrected chi connectivity index (χ0v) is 11.5. The first-order chi connectivity index (χ1) is 9.07. The largest absolute Gasteiger partial charge is 0.480 e. The fourth-order valence-electron chi connectivity index (χ4n) is 3.07. The molecular formula is C14H23NO4. The van der Waals surface area contributed by atoms with E-state index in [1.165, 1.54) is 0 Å². The van der Waals surface area contributed by atoms with Gasteiger partial charge in [0, 0.05) is 6.61 Å². The van der Waals surface area contributed by atoms with E-state index >= 15 is 0 Å². The number of nitrogens with one attached hydrogen (secondary N) is 1. The molecule has 0 aromatic carbocycles. The third-order valence-corrected chi connectivity index (χ3v) is 4.53. The molecule has 0 unspecified atom stereocenters. The molecule has 2 fully saturated rings. The highest BCUT2D eigenvalue weighted by Crippen LogP contribution is 2.34. The van der Waals surface area contributed by atoms with Crippen LogP contribution in [-0.2, 0) is 14.3 Å². The van der Waals surface area contributed by atoms with Crippen LogP contribution in [0.2, 0.25) is 0 Å². The first kappa shape index (κ1) is 14.3. The Labute approximate surface area is 113 Å². The van der Waals surface area contributed by atoms with E-state index in [0.29, 0.717) is 31.8 Å². The van der Waals surface area contributed by atoms with Crippen LogP contribution < -0.4 is 5.32 Å². The van der Waals surface area contributed by atoms with Crippen molar-refractivity contribution in [2.75, 3.05) is 6.61 Å². The summed E-state index contributed by atoms with van der Waals surface area (Å²) >= 11 is 0. The van der Waals surface area contributed by atoms with Crippen LogP contribution in [0.1, 0.15) is 51.9 Å². The Morgan fingerprint density at radius 2 is 2.00 bits per heavy atom. The molecule has 5 heteroatoms. The third-order valence-electron chi connectivity index (χ3n) is 4.53. The summed E-state index contributed by atoms with van der Waals surface area (Å²) in [6.45, 7) is 2.72. The van der Waals surface area contributed by atoms with E-state index in [4.69, 9.17) is 4.74 Å². The van der Waals surface area contributed by atoms with Crippen molar-refractivity contribution < 1.29 is 19.4 Å². The highest BCUT2D eigenvalue weighted by atomic mass is 16.5. The average molecular weight is 269 g/mol. The number of amides is 1. The number of hydrogen-bond donors (Lipinski definition) is 2. The fraction of sp³-hybridized carbons (Fsp3) is 0.857. The van der Waals surface area contributed by atoms with E-state index in [9.17, 15) is 14.7 Å². The van der Waals surface area contributed by atoms with Crippen LogP contribution >= 0.6 is 0 Å². The van der Waals surface area contributed by atoms with Gasteiger partial charge in [0.1, 0.15) is 11.6 Å². The summed E-state index contributed by atoms with van der Waals surface area (Å²) in [5.41, 5.74) is -1.07. The van der Waals surface area contributed by atoms with Gasteiger partial charge in [0.25, 0.3) is 0 Å². The topological polar surface area (TPSA) is 75.6 Å². The molecule has 108 valence electrons. The van der Waals surface area contributed by atoms with E-state index < -0.39 is 17.6 Å². The summed E-state index contributed by atoms with van der Waals surface area (Å²) in [5.74, 6) is -0.574. The number of ether oxygens (including phenoxy) is 1. The van der Waals surface area contributed by atoms with Crippen LogP contribution in [0.3, 0.4) is 0 Å². The van der Waals surface area contributed by atoms with Crippen LogP contribution in [-0.4, -0.2) is 35.2 Å². The Bertz CT molecular complexity index is 341. The van der Waals surface area contributed by atoms with Crippen molar-refractivity contribution in [3.05, 3.63) is 0 Å². The molecule has 2 N–H and O–H groups in total. The maximum absolute atomic E-state index is 12.1. The van der Waals surface area contributed by atoms with Gasteiger partial charge in [-0.05, 0) is 44.4 Å². The van der Waals surface area contributed by atoms with Crippen molar-refractivity contribution in [3.8, 4) is 0 Å². The minimum absolute atomic E-state index is 0.255. The van der Waals surface area contributed by atoms with Gasteiger partial charge in [0.15, 0.2) is 0 Å². The van der Waals surface area contributed by atoms with Gasteiger partial charge in [-0.15, -0.1) is 0 Å². The van der Waals surface area contributed by atoms with Gasteiger partial charge in [0.05, 0.1) is 0 Å². The molecular weight excluding hydrogens is 246 g/mol. The SMILES string of the molecule is CCC1CCC(NC(=O)[C@@H]2CCCO2)(C(=O)O)CC1. The molecule has 0 aromatic heterocycles. The minimum atomic E-state index is -1.07. The molecule has 1 atom stereocenters. The fourth-order valence-corrected chi connectivity index (χ4v) is 3.07. The summed E-state index contributed by atoms with van der Waals surface area (Å²) in [6.07, 6.45) is 4.98. The van der Waals surface area contributed by atoms with E-state index in [-0.39, 0.29) is 5.91 Å². The van der Waals surface area contributed by atoms with Crippen molar-refractivity contribution in [1.82, 2.24) is 5.32 Å². The highest BCUT2D eigenvalue weighted by Gasteiger charge is 2.44. The van der Waals surface area contributed by atoms with E-state index in [0.717, 1.165) is 25.7 Å². The quantitative estimate of drug-likeness (QED) is 0.814. The molecule has 0 radical (unpaired) electrons. The summed E-state index contributed by atoms with van der Waals surface area (Å²) in [7, 11) is 0. The Morgan fingerprint density at radius 3 is 2.47 bits per heavy atom. The number of carboxylic acids is 1. The molecule has 5 nitrogen and oxygen atoms in total. The molecule has 1 aliphatic carbocycles. The maximum atomic E-state index is 12.1. The number of carbonyl (C=O) groups excluding carboxylic acids is 1. The summed E-state index contributed by atoms with van der Waals surface area (Å²) < 4.78 is 5.32. The average Bonchev–Trinajstić information content (AvgIpc) is 2.93. The lowest BCUT2D eigenvalue weighted by Gasteiger charge is -2.37. The van der Waals surface area contributed by atoms with E-state index in [1.54, 1.807) is 0 Å². The zero-order valence-electron chi connectivity index (χ0n) is 11.5. The number of aliphatic carboxylic acids is 1. The summed E-state index contributed by atoms with van der Waals surface area (Å²) in [4.78, 5) is 23.6. The maximum Gasteiger partial charge on any atom is 0.329 e. The zero-order chi connectivity index (χ0) is 13.9. The molecule has 2 aliphatic rings. The third kappa shape index (κ3) is 3.08. The van der Waals surface area contributed by atoms with Crippen molar-refractivity contribution in [3.63, 3.8) is 0 Å². The van der Waals surface area contributed by atoms with Crippen molar-refractivity contribution in [1.29, 1.82) is 0 Å². The van der Waals surface area contributed by atoms with Crippen LogP contribution in [0.5, 0.6) is 0 Å². The standard InChI is InChI=1S/C14H23NO4/c1-2-10-5-7-14(8-6-10,13(17)18)15-12(16)11-4-3-9-19-11/h10-11H,2-9H2,1H3,(H,15,16)(H,17,18)/t10?,11-,14?/m0/s1. The molecule has 0 aromatic rings. The minimum Gasteiger partial charge on any atom is -0.480 e. The van der Waals surface area contributed by atoms with Gasteiger partial charge >= 0.3 is 5.97 Å². The molecule has 0 bridgehead atoms. The molecule has 1 amide bonds. The van der Waals surface area contributed by atoms with Gasteiger partial charge in [-0.3, -0.25) is 4.79 Å². The van der Waals surface area contributed by atoms with Crippen LogP contribution in [0, 0.1) is 5.92 Å². The Hall–Kier alpha value is -1.10. The second-order valence-corrected chi connectivity index (χ2v) is 5.73. The second kappa shape index (κ2) is 5.90. The Balaban J connectivity index is 2.00. The lowest BCUT2D eigenvalue weighted by atomic mass is 9.75. The van der Waals surface area contributed by atoms with Gasteiger partial charge in [0.2, 0.25) is 5.91 Å². The Morgan fingerprint density at radius 1 is 1.32 bits per heavy atom. The number of hydrogen-bond acceptors (Lipinski definition) is 3. The van der Waals surface area contributed by atoms with Crippen LogP contribution in [0.4, 0.5) is 0 Å². The van der Waals surface area contributed by atoms with Crippen molar-refractivity contribution in [2.45, 2.75) is 63.5 Å². The van der Waals surface area contributed by atoms with Gasteiger partial charge < -0.3 is 15.2 Å². The van der Waals surface area contributed by atoms with Gasteiger partial charge in [-0.2, -0.15) is 0 Å². The normalized spacial score (nSPS) is 35.0. The van der Waals surface area contributed by atoms with E-state index in [1.807, 2.05) is 0 Å². The van der Waals surface area contributed by atoms with Crippen LogP contribution in [0.15, 0.2) is 0 Å². The molecule has 1 aliphatic heterocycles. The summed E-state index contributed by atoms with van der Waals surface area (Å²) in [6, 6.07) is 0. The first-order valence-electron chi connectivity index (χ1n) is 7.24. The second-order valence-electron chi connectivity index (χ2n) is 5.73. The van der Waals surface area contributed by atoms with E-state index in [2.05, 4.69) is 12.2 Å². The lowest BCUT2D eigenvalue weighted by Crippen LogP contribution is -2.58. The molecule has 2 rings (SSSR count). The highest BCUT2D eigenvalue weighted by molar-refractivity contribution is 5.89. The molecule has 1 saturated heterocycles. The lowest BCUT2D eigenvalue weighted by molar-refractivity contribution is -0.151. The van der Waals surface area contributed by atoms with Crippen molar-refractivity contribution in [2.24, 2.45) is 5.92 Å². The number of carboxylic acid groups (broad SMARTS) is 1. The van der Waals surface area contributed by atoms with Gasteiger partial charge in [-0.1, -0.05) is 13.3 Å². The van der Waals surface area contributed by atoms with Crippen LogP contribution in [0.25, 0.3) is 0 Å². The predicted octanol–water partition coefficient (Wildman–Crippen LogP) is 1.71. The smallest absolute Gasteiger partial charge is 0.329 e. The predicted molar refractivity (Wildman–Crippen MR) is 69.7 cm³/mol. The van der Waals surface area contributed by atoms with Gasteiger partial charge in [-0.25, -0.2) is 4.79 Å².